The fourth-order valence-electron chi connectivity index (χ4n) is 1.31. The minimum Gasteiger partial charge on any atom is -0.476 e. The first-order valence-corrected chi connectivity index (χ1v) is 4.80. The van der Waals surface area contributed by atoms with Crippen LogP contribution < -0.4 is 5.73 Å². The third-order valence-corrected chi connectivity index (χ3v) is 2.24. The lowest BCUT2D eigenvalue weighted by Gasteiger charge is -2.03. The first-order valence-electron chi connectivity index (χ1n) is 4.42. The van der Waals surface area contributed by atoms with E-state index in [1.807, 2.05) is 0 Å². The zero-order chi connectivity index (χ0) is 11.7. The molecule has 16 heavy (non-hydrogen) atoms. The van der Waals surface area contributed by atoms with Gasteiger partial charge in [-0.25, -0.2) is 9.48 Å². The maximum absolute atomic E-state index is 10.7. The standard InChI is InChI=1S/C10H8ClN3O2/c11-6-2-1-3-7(4-6)14-9(12)5-8(13-14)10(15)16/h1-5H,12H2,(H,15,16). The van der Waals surface area contributed by atoms with Gasteiger partial charge >= 0.3 is 5.97 Å². The molecule has 0 spiro atoms. The van der Waals surface area contributed by atoms with Crippen molar-refractivity contribution in [1.29, 1.82) is 0 Å². The van der Waals surface area contributed by atoms with Gasteiger partial charge in [0, 0.05) is 11.1 Å². The number of nitrogen functional groups attached to an aromatic ring is 1. The minimum atomic E-state index is -1.12. The second-order valence-corrected chi connectivity index (χ2v) is 3.59. The molecule has 1 aromatic heterocycles. The van der Waals surface area contributed by atoms with E-state index >= 15 is 0 Å². The fourth-order valence-corrected chi connectivity index (χ4v) is 1.50. The second kappa shape index (κ2) is 3.86. The smallest absolute Gasteiger partial charge is 0.356 e. The Hall–Kier alpha value is -2.01. The van der Waals surface area contributed by atoms with Crippen molar-refractivity contribution in [2.24, 2.45) is 0 Å². The van der Waals surface area contributed by atoms with Crippen molar-refractivity contribution in [3.63, 3.8) is 0 Å². The van der Waals surface area contributed by atoms with Crippen LogP contribution in [0.15, 0.2) is 30.3 Å². The molecule has 0 aliphatic heterocycles. The van der Waals surface area contributed by atoms with E-state index < -0.39 is 5.97 Å². The average molecular weight is 238 g/mol. The third-order valence-electron chi connectivity index (χ3n) is 2.01. The van der Waals surface area contributed by atoms with Gasteiger partial charge in [-0.3, -0.25) is 0 Å². The SMILES string of the molecule is Nc1cc(C(=O)O)nn1-c1cccc(Cl)c1. The molecule has 6 heteroatoms. The van der Waals surface area contributed by atoms with Gasteiger partial charge in [-0.15, -0.1) is 0 Å². The summed E-state index contributed by atoms with van der Waals surface area (Å²) in [4.78, 5) is 10.7. The van der Waals surface area contributed by atoms with Crippen LogP contribution in [0.25, 0.3) is 5.69 Å². The molecule has 0 bridgehead atoms. The molecule has 1 aromatic carbocycles. The van der Waals surface area contributed by atoms with E-state index in [1.165, 1.54) is 10.7 Å². The number of benzene rings is 1. The summed E-state index contributed by atoms with van der Waals surface area (Å²) < 4.78 is 1.33. The molecule has 0 aliphatic rings. The lowest BCUT2D eigenvalue weighted by atomic mass is 10.3. The number of halogens is 1. The number of aromatic nitrogens is 2. The summed E-state index contributed by atoms with van der Waals surface area (Å²) in [5.74, 6) is -0.868. The van der Waals surface area contributed by atoms with Crippen LogP contribution >= 0.6 is 11.6 Å². The number of nitrogens with zero attached hydrogens (tertiary/aromatic N) is 2. The number of aromatic carboxylic acids is 1. The first kappa shape index (κ1) is 10.5. The number of nitrogens with two attached hydrogens (primary N) is 1. The van der Waals surface area contributed by atoms with Crippen LogP contribution in [0.1, 0.15) is 10.5 Å². The number of carboxylic acid groups (broad SMARTS) is 1. The molecule has 0 unspecified atom stereocenters. The second-order valence-electron chi connectivity index (χ2n) is 3.15. The molecule has 0 saturated carbocycles. The normalized spacial score (nSPS) is 10.3. The highest BCUT2D eigenvalue weighted by Crippen LogP contribution is 2.18. The Kier molecular flexibility index (Phi) is 2.54. The van der Waals surface area contributed by atoms with Crippen molar-refractivity contribution < 1.29 is 9.90 Å². The molecule has 82 valence electrons. The van der Waals surface area contributed by atoms with Gasteiger partial charge in [0.1, 0.15) is 5.82 Å². The topological polar surface area (TPSA) is 81.1 Å². The van der Waals surface area contributed by atoms with Crippen molar-refractivity contribution in [3.05, 3.63) is 41.0 Å². The number of carbonyl (C=O) groups is 1. The van der Waals surface area contributed by atoms with E-state index in [0.717, 1.165) is 0 Å². The molecule has 5 nitrogen and oxygen atoms in total. The number of rotatable bonds is 2. The Bertz CT molecular complexity index is 551. The molecular weight excluding hydrogens is 230 g/mol. The van der Waals surface area contributed by atoms with Crippen LogP contribution in [0.3, 0.4) is 0 Å². The number of carboxylic acids is 1. The van der Waals surface area contributed by atoms with E-state index in [0.29, 0.717) is 10.7 Å². The number of hydrogen-bond donors (Lipinski definition) is 2. The van der Waals surface area contributed by atoms with Crippen molar-refractivity contribution in [2.45, 2.75) is 0 Å². The Morgan fingerprint density at radius 1 is 1.44 bits per heavy atom. The van der Waals surface area contributed by atoms with Crippen LogP contribution in [0.5, 0.6) is 0 Å². The molecule has 0 atom stereocenters. The molecule has 0 fully saturated rings. The predicted octanol–water partition coefficient (Wildman–Crippen LogP) is 1.81. The van der Waals surface area contributed by atoms with Crippen molar-refractivity contribution in [2.75, 3.05) is 5.73 Å². The monoisotopic (exact) mass is 237 g/mol. The Labute approximate surface area is 96.1 Å². The van der Waals surface area contributed by atoms with Crippen molar-refractivity contribution >= 4 is 23.4 Å². The maximum atomic E-state index is 10.7. The molecule has 2 aromatic rings. The quantitative estimate of drug-likeness (QED) is 0.835. The summed E-state index contributed by atoms with van der Waals surface area (Å²) in [5.41, 5.74) is 6.18. The summed E-state index contributed by atoms with van der Waals surface area (Å²) in [6.45, 7) is 0. The average Bonchev–Trinajstić information content (AvgIpc) is 2.60. The van der Waals surface area contributed by atoms with Crippen molar-refractivity contribution in [3.8, 4) is 5.69 Å². The molecule has 0 amide bonds. The highest BCUT2D eigenvalue weighted by Gasteiger charge is 2.12. The Balaban J connectivity index is 2.52. The first-order chi connectivity index (χ1) is 7.58. The van der Waals surface area contributed by atoms with Gasteiger partial charge in [0.15, 0.2) is 5.69 Å². The van der Waals surface area contributed by atoms with E-state index in [2.05, 4.69) is 5.10 Å². The third kappa shape index (κ3) is 1.85. The van der Waals surface area contributed by atoms with Gasteiger partial charge in [-0.1, -0.05) is 17.7 Å². The summed E-state index contributed by atoms with van der Waals surface area (Å²) in [7, 11) is 0. The van der Waals surface area contributed by atoms with E-state index in [4.69, 9.17) is 22.4 Å². The molecule has 0 radical (unpaired) electrons. The van der Waals surface area contributed by atoms with Gasteiger partial charge in [-0.05, 0) is 18.2 Å². The van der Waals surface area contributed by atoms with Crippen LogP contribution in [-0.4, -0.2) is 20.9 Å². The molecular formula is C10H8ClN3O2. The Morgan fingerprint density at radius 3 is 2.75 bits per heavy atom. The van der Waals surface area contributed by atoms with Crippen LogP contribution in [0.2, 0.25) is 5.02 Å². The zero-order valence-corrected chi connectivity index (χ0v) is 8.85. The van der Waals surface area contributed by atoms with Crippen LogP contribution in [0.4, 0.5) is 5.82 Å². The van der Waals surface area contributed by atoms with Crippen LogP contribution in [0, 0.1) is 0 Å². The molecule has 0 saturated heterocycles. The van der Waals surface area contributed by atoms with E-state index in [9.17, 15) is 4.79 Å². The largest absolute Gasteiger partial charge is 0.476 e. The number of hydrogen-bond acceptors (Lipinski definition) is 3. The fraction of sp³-hybridized carbons (Fsp3) is 0. The van der Waals surface area contributed by atoms with Gasteiger partial charge in [0.25, 0.3) is 0 Å². The van der Waals surface area contributed by atoms with E-state index in [-0.39, 0.29) is 11.5 Å². The van der Waals surface area contributed by atoms with Gasteiger partial charge in [0.05, 0.1) is 5.69 Å². The summed E-state index contributed by atoms with van der Waals surface area (Å²) >= 11 is 5.82. The molecule has 2 rings (SSSR count). The lowest BCUT2D eigenvalue weighted by molar-refractivity contribution is 0.0690. The lowest BCUT2D eigenvalue weighted by Crippen LogP contribution is -2.03. The van der Waals surface area contributed by atoms with E-state index in [1.54, 1.807) is 24.3 Å². The highest BCUT2D eigenvalue weighted by molar-refractivity contribution is 6.30. The van der Waals surface area contributed by atoms with Gasteiger partial charge < -0.3 is 10.8 Å². The maximum Gasteiger partial charge on any atom is 0.356 e. The molecule has 3 N–H and O–H groups in total. The minimum absolute atomic E-state index is 0.0996. The van der Waals surface area contributed by atoms with Crippen molar-refractivity contribution in [1.82, 2.24) is 9.78 Å². The van der Waals surface area contributed by atoms with Crippen LogP contribution in [-0.2, 0) is 0 Å². The summed E-state index contributed by atoms with van der Waals surface area (Å²) in [6.07, 6.45) is 0. The number of anilines is 1. The highest BCUT2D eigenvalue weighted by atomic mass is 35.5. The predicted molar refractivity (Wildman–Crippen MR) is 59.9 cm³/mol. The zero-order valence-electron chi connectivity index (χ0n) is 8.09. The van der Waals surface area contributed by atoms with Gasteiger partial charge in [0.2, 0.25) is 0 Å². The molecule has 1 heterocycles. The Morgan fingerprint density at radius 2 is 2.19 bits per heavy atom. The summed E-state index contributed by atoms with van der Waals surface area (Å²) in [6, 6.07) is 8.13. The summed E-state index contributed by atoms with van der Waals surface area (Å²) in [5, 5.41) is 13.2. The molecule has 0 aliphatic carbocycles. The van der Waals surface area contributed by atoms with Gasteiger partial charge in [-0.2, -0.15) is 5.10 Å².